The normalized spacial score (nSPS) is 18.4. The Balaban J connectivity index is 0.00000544. The van der Waals surface area contributed by atoms with Crippen LogP contribution in [0.5, 0.6) is 0 Å². The van der Waals surface area contributed by atoms with Crippen molar-refractivity contribution in [3.05, 3.63) is 54.1 Å². The van der Waals surface area contributed by atoms with Crippen LogP contribution in [0.25, 0.3) is 0 Å². The number of rotatable bonds is 12. The van der Waals surface area contributed by atoms with E-state index < -0.39 is 15.7 Å². The molecule has 0 amide bonds. The molecule has 0 aromatic heterocycles. The number of hydrogen-bond acceptors (Lipinski definition) is 4. The number of hydrogen-bond donors (Lipinski definition) is 1. The third-order valence-electron chi connectivity index (χ3n) is 5.32. The minimum atomic E-state index is -3.78. The molecule has 33 heavy (non-hydrogen) atoms. The molecule has 0 bridgehead atoms. The van der Waals surface area contributed by atoms with Gasteiger partial charge in [0.25, 0.3) is 0 Å². The molecule has 1 aromatic carbocycles. The highest BCUT2D eigenvalue weighted by molar-refractivity contribution is 8.13. The Bertz CT molecular complexity index is 954. The summed E-state index contributed by atoms with van der Waals surface area (Å²) in [6, 6.07) is 4.82. The molecule has 186 valence electrons. The van der Waals surface area contributed by atoms with Crippen LogP contribution in [-0.4, -0.2) is 70.9 Å². The lowest BCUT2D eigenvalue weighted by Crippen LogP contribution is -3.00. The average Bonchev–Trinajstić information content (AvgIpc) is 3.10. The summed E-state index contributed by atoms with van der Waals surface area (Å²) in [6.45, 7) is 16.1. The number of thioether (sulfide) groups is 1. The standard InChI is InChI=1S/C23H35ClN3O3S2.BrH/c1-6-13-25(14-7-2)22-27(10-5)23(28,18-31-22)19-11-12-20(24)21(17-19)32(29,30)26(15-8-3)16-9-4;/h6-7,11-12,17,28H,1-2,8-10,13-16,18H2,3-5H3;1H/q+1;/p-1. The van der Waals surface area contributed by atoms with Crippen LogP contribution in [0, 0.1) is 0 Å². The van der Waals surface area contributed by atoms with Crippen molar-refractivity contribution < 1.29 is 35.1 Å². The van der Waals surface area contributed by atoms with Gasteiger partial charge in [-0.25, -0.2) is 17.9 Å². The molecule has 1 aliphatic heterocycles. The van der Waals surface area contributed by atoms with E-state index >= 15 is 0 Å². The summed E-state index contributed by atoms with van der Waals surface area (Å²) in [7, 11) is -3.78. The minimum absolute atomic E-state index is 0. The van der Waals surface area contributed by atoms with Crippen LogP contribution >= 0.6 is 23.4 Å². The van der Waals surface area contributed by atoms with E-state index in [-0.39, 0.29) is 26.9 Å². The van der Waals surface area contributed by atoms with Crippen LogP contribution in [0.15, 0.2) is 48.4 Å². The highest BCUT2D eigenvalue weighted by Crippen LogP contribution is 2.40. The van der Waals surface area contributed by atoms with Crippen molar-refractivity contribution in [2.24, 2.45) is 0 Å². The summed E-state index contributed by atoms with van der Waals surface area (Å²) in [5.41, 5.74) is -0.847. The van der Waals surface area contributed by atoms with Crippen molar-refractivity contribution in [1.29, 1.82) is 0 Å². The predicted octanol–water partition coefficient (Wildman–Crippen LogP) is 1.11. The van der Waals surface area contributed by atoms with Gasteiger partial charge in [0.05, 0.1) is 17.3 Å². The molecule has 1 unspecified atom stereocenters. The van der Waals surface area contributed by atoms with Crippen molar-refractivity contribution in [2.75, 3.05) is 38.5 Å². The van der Waals surface area contributed by atoms with Gasteiger partial charge in [0.1, 0.15) is 18.0 Å². The van der Waals surface area contributed by atoms with Gasteiger partial charge >= 0.3 is 5.17 Å². The average molecular weight is 581 g/mol. The quantitative estimate of drug-likeness (QED) is 0.297. The van der Waals surface area contributed by atoms with E-state index in [0.717, 1.165) is 5.17 Å². The summed E-state index contributed by atoms with van der Waals surface area (Å²) in [6.07, 6.45) is 5.04. The zero-order valence-electron chi connectivity index (χ0n) is 19.6. The molecule has 1 fully saturated rings. The van der Waals surface area contributed by atoms with Gasteiger partial charge in [-0.15, -0.1) is 0 Å². The van der Waals surface area contributed by atoms with Crippen molar-refractivity contribution >= 4 is 38.6 Å². The molecule has 1 aliphatic rings. The molecule has 1 N–H and O–H groups in total. The van der Waals surface area contributed by atoms with Gasteiger partial charge in [-0.05, 0) is 43.7 Å². The van der Waals surface area contributed by atoms with Gasteiger partial charge in [0.15, 0.2) is 0 Å². The maximum atomic E-state index is 13.4. The number of sulfonamides is 1. The largest absolute Gasteiger partial charge is 1.00 e. The summed E-state index contributed by atoms with van der Waals surface area (Å²) < 4.78 is 30.4. The lowest BCUT2D eigenvalue weighted by Gasteiger charge is -2.29. The van der Waals surface area contributed by atoms with Gasteiger partial charge in [0, 0.05) is 18.7 Å². The number of nitrogens with zero attached hydrogens (tertiary/aromatic N) is 3. The minimum Gasteiger partial charge on any atom is -1.00 e. The summed E-state index contributed by atoms with van der Waals surface area (Å²) in [5, 5.41) is 12.8. The molecule has 1 aromatic rings. The van der Waals surface area contributed by atoms with Crippen LogP contribution in [0.4, 0.5) is 0 Å². The van der Waals surface area contributed by atoms with E-state index in [2.05, 4.69) is 17.7 Å². The number of halogens is 2. The monoisotopic (exact) mass is 579 g/mol. The van der Waals surface area contributed by atoms with Crippen LogP contribution in [-0.2, 0) is 15.7 Å². The Morgan fingerprint density at radius 1 is 1.21 bits per heavy atom. The summed E-state index contributed by atoms with van der Waals surface area (Å²) >= 11 is 7.90. The zero-order chi connectivity index (χ0) is 23.9. The Morgan fingerprint density at radius 3 is 2.27 bits per heavy atom. The molecule has 0 radical (unpaired) electrons. The summed E-state index contributed by atoms with van der Waals surface area (Å²) in [4.78, 5) is 1.94. The molecular formula is C23H35BrClN3O3S2. The molecular weight excluding hydrogens is 546 g/mol. The smallest absolute Gasteiger partial charge is 0.311 e. The Kier molecular flexibility index (Phi) is 12.2. The van der Waals surface area contributed by atoms with Gasteiger partial charge in [-0.1, -0.05) is 56.8 Å². The van der Waals surface area contributed by atoms with Gasteiger partial charge < -0.3 is 22.1 Å². The van der Waals surface area contributed by atoms with Gasteiger partial charge in [0.2, 0.25) is 15.7 Å². The van der Waals surface area contributed by atoms with Crippen molar-refractivity contribution in [2.45, 2.75) is 44.2 Å². The number of aliphatic hydroxyl groups is 1. The van der Waals surface area contributed by atoms with E-state index in [1.165, 1.54) is 22.1 Å². The van der Waals surface area contributed by atoms with Gasteiger partial charge in [-0.3, -0.25) is 0 Å². The van der Waals surface area contributed by atoms with E-state index in [0.29, 0.717) is 56.9 Å². The third kappa shape index (κ3) is 6.44. The molecule has 1 heterocycles. The summed E-state index contributed by atoms with van der Waals surface area (Å²) in [5.74, 6) is 0.371. The first-order valence-electron chi connectivity index (χ1n) is 11.0. The Labute approximate surface area is 218 Å². The molecule has 6 nitrogen and oxygen atoms in total. The van der Waals surface area contributed by atoms with Crippen molar-refractivity contribution in [1.82, 2.24) is 9.21 Å². The van der Waals surface area contributed by atoms with Crippen LogP contribution < -0.4 is 17.0 Å². The second-order valence-corrected chi connectivity index (χ2v) is 10.9. The van der Waals surface area contributed by atoms with Gasteiger partial charge in [-0.2, -0.15) is 4.31 Å². The third-order valence-corrected chi connectivity index (χ3v) is 8.99. The van der Waals surface area contributed by atoms with Crippen LogP contribution in [0.2, 0.25) is 5.02 Å². The first-order valence-corrected chi connectivity index (χ1v) is 13.8. The highest BCUT2D eigenvalue weighted by Gasteiger charge is 2.51. The van der Waals surface area contributed by atoms with E-state index in [9.17, 15) is 13.5 Å². The molecule has 0 saturated carbocycles. The fourth-order valence-corrected chi connectivity index (χ4v) is 7.40. The van der Waals surface area contributed by atoms with Crippen molar-refractivity contribution in [3.8, 4) is 0 Å². The van der Waals surface area contributed by atoms with E-state index in [4.69, 9.17) is 11.6 Å². The first-order chi connectivity index (χ1) is 15.2. The first kappa shape index (κ1) is 30.2. The van der Waals surface area contributed by atoms with E-state index in [1.807, 2.05) is 37.8 Å². The Morgan fingerprint density at radius 2 is 1.79 bits per heavy atom. The fraction of sp³-hybridized carbons (Fsp3) is 0.522. The molecule has 0 spiro atoms. The molecule has 10 heteroatoms. The second-order valence-electron chi connectivity index (χ2n) is 7.66. The topological polar surface area (TPSA) is 63.9 Å². The fourth-order valence-electron chi connectivity index (χ4n) is 3.86. The zero-order valence-corrected chi connectivity index (χ0v) is 23.6. The van der Waals surface area contributed by atoms with Crippen LogP contribution in [0.1, 0.15) is 39.2 Å². The predicted molar refractivity (Wildman–Crippen MR) is 135 cm³/mol. The van der Waals surface area contributed by atoms with Crippen LogP contribution in [0.3, 0.4) is 0 Å². The number of benzene rings is 1. The molecule has 0 aliphatic carbocycles. The maximum Gasteiger partial charge on any atom is 0.311 e. The SMILES string of the molecule is C=CC[N+](CC=C)=C1SCC(O)(c2ccc(Cl)c(S(=O)(=O)N(CCC)CCC)c2)N1CC.[Br-]. The Hall–Kier alpha value is -0.840. The molecule has 1 saturated heterocycles. The lowest BCUT2D eigenvalue weighted by atomic mass is 10.0. The molecule has 1 atom stereocenters. The van der Waals surface area contributed by atoms with E-state index in [1.54, 1.807) is 12.1 Å². The van der Waals surface area contributed by atoms with Crippen molar-refractivity contribution in [3.63, 3.8) is 0 Å². The second kappa shape index (κ2) is 13.3. The number of amidine groups is 1. The maximum absolute atomic E-state index is 13.4. The molecule has 2 rings (SSSR count). The highest BCUT2D eigenvalue weighted by atomic mass is 79.9. The lowest BCUT2D eigenvalue weighted by molar-refractivity contribution is -0.510.